The predicted octanol–water partition coefficient (Wildman–Crippen LogP) is 1.98. The van der Waals surface area contributed by atoms with E-state index in [9.17, 15) is 9.59 Å². The number of rotatable bonds is 8. The molecule has 8 heteroatoms. The number of para-hydroxylation sites is 1. The minimum atomic E-state index is -0.0937. The first-order valence-corrected chi connectivity index (χ1v) is 13.3. The highest BCUT2D eigenvalue weighted by Gasteiger charge is 2.30. The Balaban J connectivity index is 1.22. The van der Waals surface area contributed by atoms with Gasteiger partial charge in [0.1, 0.15) is 11.5 Å². The van der Waals surface area contributed by atoms with Crippen LogP contribution in [0.3, 0.4) is 0 Å². The zero-order valence-corrected chi connectivity index (χ0v) is 21.6. The molecule has 1 atom stereocenters. The van der Waals surface area contributed by atoms with Crippen LogP contribution < -0.4 is 26.4 Å². The second kappa shape index (κ2) is 10.4. The molecule has 196 valence electrons. The molecule has 1 aliphatic carbocycles. The van der Waals surface area contributed by atoms with Crippen molar-refractivity contribution in [3.8, 4) is 17.2 Å². The van der Waals surface area contributed by atoms with E-state index in [-0.39, 0.29) is 17.6 Å². The normalized spacial score (nSPS) is 18.7. The van der Waals surface area contributed by atoms with Crippen molar-refractivity contribution in [3.05, 3.63) is 87.9 Å². The molecule has 38 heavy (non-hydrogen) atoms. The van der Waals surface area contributed by atoms with E-state index < -0.39 is 0 Å². The standard InChI is InChI=1S/C30H33N5O3/c1-32(22-9-10-22)18-5-8-29(36)33-19-16-24(21-33)35-27-15-17-31-20-28(27)34(30(35)37)23-11-13-26(14-12-23)38-25-6-3-2-4-7-25/h2-8,11-15,20,22,24,31H,9-10,16-19,21H2,1H3/b8-5+/t24-/m1/s1. The van der Waals surface area contributed by atoms with Gasteiger partial charge in [0.05, 0.1) is 22.4 Å². The number of benzene rings is 2. The van der Waals surface area contributed by atoms with Crippen molar-refractivity contribution in [1.82, 2.24) is 24.3 Å². The van der Waals surface area contributed by atoms with Gasteiger partial charge in [0.15, 0.2) is 0 Å². The highest BCUT2D eigenvalue weighted by atomic mass is 16.5. The Hall–Kier alpha value is -4.04. The van der Waals surface area contributed by atoms with Crippen LogP contribution in [0.5, 0.6) is 11.5 Å². The molecule has 0 unspecified atom stereocenters. The van der Waals surface area contributed by atoms with Crippen molar-refractivity contribution in [1.29, 1.82) is 0 Å². The van der Waals surface area contributed by atoms with E-state index in [1.807, 2.05) is 76.3 Å². The number of carbonyl (C=O) groups is 1. The molecule has 0 radical (unpaired) electrons. The lowest BCUT2D eigenvalue weighted by atomic mass is 10.2. The van der Waals surface area contributed by atoms with Gasteiger partial charge in [-0.25, -0.2) is 4.79 Å². The van der Waals surface area contributed by atoms with Crippen LogP contribution in [-0.4, -0.2) is 64.1 Å². The van der Waals surface area contributed by atoms with Gasteiger partial charge in [-0.2, -0.15) is 0 Å². The van der Waals surface area contributed by atoms with E-state index in [1.165, 1.54) is 12.8 Å². The van der Waals surface area contributed by atoms with E-state index in [4.69, 9.17) is 4.74 Å². The molecule has 1 amide bonds. The summed E-state index contributed by atoms with van der Waals surface area (Å²) in [6, 6.07) is 17.8. The smallest absolute Gasteiger partial charge is 0.334 e. The summed E-state index contributed by atoms with van der Waals surface area (Å²) in [4.78, 5) is 30.8. The van der Waals surface area contributed by atoms with E-state index >= 15 is 0 Å². The third kappa shape index (κ3) is 4.91. The number of carbonyl (C=O) groups excluding carboxylic acids is 1. The number of imidazole rings is 1. The Morgan fingerprint density at radius 2 is 1.82 bits per heavy atom. The third-order valence-electron chi connectivity index (χ3n) is 7.55. The van der Waals surface area contributed by atoms with Gasteiger partial charge in [-0.15, -0.1) is 0 Å². The minimum Gasteiger partial charge on any atom is -0.457 e. The molecule has 1 N–H and O–H groups in total. The highest BCUT2D eigenvalue weighted by molar-refractivity contribution is 5.87. The molecule has 1 saturated carbocycles. The highest BCUT2D eigenvalue weighted by Crippen LogP contribution is 2.25. The number of nitrogens with one attached hydrogen (secondary N) is 1. The Morgan fingerprint density at radius 3 is 2.58 bits per heavy atom. The van der Waals surface area contributed by atoms with Crippen LogP contribution in [0.1, 0.15) is 25.3 Å². The van der Waals surface area contributed by atoms with Crippen LogP contribution in [0, 0.1) is 0 Å². The van der Waals surface area contributed by atoms with Crippen LogP contribution in [-0.2, 0) is 4.79 Å². The maximum atomic E-state index is 13.8. The number of fused-ring (bicyclic) bond motifs is 1. The SMILES string of the molecule is CN(C/C=C/C(=O)N1CC[C@@H](n2c3c(n(-c4ccc(Oc5ccccc5)cc4)c2=O)=CNCC=3)C1)C1CC1. The Bertz CT molecular complexity index is 1520. The van der Waals surface area contributed by atoms with Gasteiger partial charge in [0, 0.05) is 44.5 Å². The average Bonchev–Trinajstić information content (AvgIpc) is 3.61. The van der Waals surface area contributed by atoms with Crippen molar-refractivity contribution in [2.45, 2.75) is 31.3 Å². The summed E-state index contributed by atoms with van der Waals surface area (Å²) >= 11 is 0. The lowest BCUT2D eigenvalue weighted by Crippen LogP contribution is -2.41. The molecule has 2 aliphatic heterocycles. The number of nitrogens with zero attached hydrogens (tertiary/aromatic N) is 4. The summed E-state index contributed by atoms with van der Waals surface area (Å²) in [6.07, 6.45) is 10.9. The largest absolute Gasteiger partial charge is 0.457 e. The summed E-state index contributed by atoms with van der Waals surface area (Å²) in [6.45, 7) is 2.62. The second-order valence-corrected chi connectivity index (χ2v) is 10.2. The lowest BCUT2D eigenvalue weighted by Gasteiger charge is -2.16. The monoisotopic (exact) mass is 511 g/mol. The van der Waals surface area contributed by atoms with E-state index in [2.05, 4.69) is 23.3 Å². The third-order valence-corrected chi connectivity index (χ3v) is 7.55. The molecule has 1 saturated heterocycles. The maximum absolute atomic E-state index is 13.8. The summed E-state index contributed by atoms with van der Waals surface area (Å²) in [7, 11) is 2.10. The number of ether oxygens (including phenoxy) is 1. The molecule has 0 bridgehead atoms. The summed E-state index contributed by atoms with van der Waals surface area (Å²) in [5, 5.41) is 4.97. The minimum absolute atomic E-state index is 0.0178. The summed E-state index contributed by atoms with van der Waals surface area (Å²) in [5.41, 5.74) is 0.677. The van der Waals surface area contributed by atoms with E-state index in [0.717, 1.165) is 35.1 Å². The topological polar surface area (TPSA) is 71.7 Å². The van der Waals surface area contributed by atoms with Crippen LogP contribution in [0.4, 0.5) is 0 Å². The van der Waals surface area contributed by atoms with Crippen molar-refractivity contribution >= 4 is 18.2 Å². The molecule has 8 nitrogen and oxygen atoms in total. The Labute approximate surface area is 221 Å². The molecule has 1 aromatic heterocycles. The fraction of sp³-hybridized carbons (Fsp3) is 0.333. The molecule has 2 aromatic carbocycles. The number of likely N-dealkylation sites (N-methyl/N-ethyl adjacent to an activating group) is 1. The molecule has 3 heterocycles. The quantitative estimate of drug-likeness (QED) is 0.469. The van der Waals surface area contributed by atoms with Gasteiger partial charge in [-0.3, -0.25) is 18.8 Å². The Kier molecular flexibility index (Phi) is 6.64. The number of hydrogen-bond acceptors (Lipinski definition) is 5. The zero-order chi connectivity index (χ0) is 26.1. The van der Waals surface area contributed by atoms with Crippen molar-refractivity contribution in [2.24, 2.45) is 0 Å². The maximum Gasteiger partial charge on any atom is 0.334 e. The molecule has 3 aliphatic rings. The predicted molar refractivity (Wildman–Crippen MR) is 148 cm³/mol. The average molecular weight is 512 g/mol. The van der Waals surface area contributed by atoms with Gasteiger partial charge in [0.2, 0.25) is 5.91 Å². The first-order chi connectivity index (χ1) is 18.6. The summed E-state index contributed by atoms with van der Waals surface area (Å²) in [5.74, 6) is 1.48. The Morgan fingerprint density at radius 1 is 1.05 bits per heavy atom. The second-order valence-electron chi connectivity index (χ2n) is 10.2. The first kappa shape index (κ1) is 24.3. The number of hydrogen-bond donors (Lipinski definition) is 1. The first-order valence-electron chi connectivity index (χ1n) is 13.3. The van der Waals surface area contributed by atoms with Crippen LogP contribution >= 0.6 is 0 Å². The van der Waals surface area contributed by atoms with Gasteiger partial charge in [-0.1, -0.05) is 24.3 Å². The molecule has 2 fully saturated rings. The summed E-state index contributed by atoms with van der Waals surface area (Å²) < 4.78 is 9.54. The number of amides is 1. The lowest BCUT2D eigenvalue weighted by molar-refractivity contribution is -0.125. The molecule has 6 rings (SSSR count). The van der Waals surface area contributed by atoms with Gasteiger partial charge < -0.3 is 15.0 Å². The van der Waals surface area contributed by atoms with Gasteiger partial charge in [-0.05, 0) is 68.8 Å². The van der Waals surface area contributed by atoms with Crippen molar-refractivity contribution in [2.75, 3.05) is 33.2 Å². The van der Waals surface area contributed by atoms with E-state index in [1.54, 1.807) is 10.6 Å². The van der Waals surface area contributed by atoms with Crippen molar-refractivity contribution < 1.29 is 9.53 Å². The zero-order valence-electron chi connectivity index (χ0n) is 21.6. The van der Waals surface area contributed by atoms with Gasteiger partial charge in [0.25, 0.3) is 0 Å². The van der Waals surface area contributed by atoms with Crippen LogP contribution in [0.2, 0.25) is 0 Å². The fourth-order valence-corrected chi connectivity index (χ4v) is 5.34. The van der Waals surface area contributed by atoms with Crippen LogP contribution in [0.15, 0.2) is 71.5 Å². The fourth-order valence-electron chi connectivity index (χ4n) is 5.34. The molecule has 0 spiro atoms. The number of aromatic nitrogens is 2. The van der Waals surface area contributed by atoms with Crippen LogP contribution in [0.25, 0.3) is 18.0 Å². The van der Waals surface area contributed by atoms with E-state index in [0.29, 0.717) is 31.4 Å². The molecular formula is C30H33N5O3. The molecule has 3 aromatic rings. The number of likely N-dealkylation sites (tertiary alicyclic amines) is 1. The van der Waals surface area contributed by atoms with Gasteiger partial charge >= 0.3 is 5.69 Å². The molecular weight excluding hydrogens is 478 g/mol. The van der Waals surface area contributed by atoms with Crippen molar-refractivity contribution in [3.63, 3.8) is 0 Å².